The molecule has 0 aliphatic heterocycles. The zero-order chi connectivity index (χ0) is 14.8. The Kier molecular flexibility index (Phi) is 4.30. The van der Waals surface area contributed by atoms with Crippen molar-refractivity contribution in [3.05, 3.63) is 30.1 Å². The number of hydrogen-bond acceptors (Lipinski definition) is 4. The molecule has 5 nitrogen and oxygen atoms in total. The van der Waals surface area contributed by atoms with Crippen LogP contribution in [0.25, 0.3) is 5.65 Å². The molecule has 0 saturated carbocycles. The summed E-state index contributed by atoms with van der Waals surface area (Å²) in [5, 5.41) is 12.6. The fourth-order valence-electron chi connectivity index (χ4n) is 2.11. The van der Waals surface area contributed by atoms with Crippen LogP contribution >= 0.6 is 0 Å². The van der Waals surface area contributed by atoms with Crippen LogP contribution in [-0.4, -0.2) is 40.2 Å². The topological polar surface area (TPSA) is 52.8 Å². The van der Waals surface area contributed by atoms with Crippen molar-refractivity contribution >= 4 is 11.5 Å². The molecule has 0 aliphatic rings. The zero-order valence-electron chi connectivity index (χ0n) is 12.7. The van der Waals surface area contributed by atoms with Crippen molar-refractivity contribution in [1.29, 1.82) is 0 Å². The summed E-state index contributed by atoms with van der Waals surface area (Å²) in [6.07, 6.45) is 2.03. The summed E-state index contributed by atoms with van der Waals surface area (Å²) in [7, 11) is 1.96. The van der Waals surface area contributed by atoms with E-state index in [9.17, 15) is 0 Å². The molecule has 0 fully saturated rings. The van der Waals surface area contributed by atoms with Gasteiger partial charge < -0.3 is 19.7 Å². The highest BCUT2D eigenvalue weighted by Gasteiger charge is 2.17. The number of imidazole rings is 1. The van der Waals surface area contributed by atoms with Crippen LogP contribution in [0.1, 0.15) is 26.5 Å². The van der Waals surface area contributed by atoms with E-state index in [1.165, 1.54) is 0 Å². The van der Waals surface area contributed by atoms with Gasteiger partial charge in [-0.25, -0.2) is 4.98 Å². The van der Waals surface area contributed by atoms with Crippen molar-refractivity contribution in [3.63, 3.8) is 0 Å². The Balaban J connectivity index is 2.39. The number of likely N-dealkylation sites (N-methyl/N-ethyl adjacent to an activating group) is 1. The van der Waals surface area contributed by atoms with Gasteiger partial charge in [-0.1, -0.05) is 6.07 Å². The van der Waals surface area contributed by atoms with Gasteiger partial charge in [-0.2, -0.15) is 0 Å². The molecular formula is C15H24N4O. The molecule has 2 N–H and O–H groups in total. The molecule has 0 amide bonds. The summed E-state index contributed by atoms with van der Waals surface area (Å²) in [4.78, 5) is 6.66. The molecule has 0 aliphatic carbocycles. The molecule has 2 aromatic heterocycles. The van der Waals surface area contributed by atoms with Crippen molar-refractivity contribution in [2.45, 2.75) is 32.9 Å². The predicted octanol–water partition coefficient (Wildman–Crippen LogP) is 1.65. The van der Waals surface area contributed by atoms with Gasteiger partial charge in [0.25, 0.3) is 0 Å². The van der Waals surface area contributed by atoms with Crippen LogP contribution in [0.3, 0.4) is 0 Å². The quantitative estimate of drug-likeness (QED) is 0.872. The number of nitrogens with one attached hydrogen (secondary N) is 1. The van der Waals surface area contributed by atoms with Gasteiger partial charge in [0.05, 0.1) is 12.3 Å². The third-order valence-electron chi connectivity index (χ3n) is 3.19. The van der Waals surface area contributed by atoms with E-state index in [4.69, 9.17) is 5.11 Å². The highest BCUT2D eigenvalue weighted by Crippen LogP contribution is 2.21. The van der Waals surface area contributed by atoms with Crippen molar-refractivity contribution in [2.75, 3.05) is 25.1 Å². The molecule has 5 heteroatoms. The van der Waals surface area contributed by atoms with Crippen molar-refractivity contribution < 1.29 is 5.11 Å². The number of nitrogens with zero attached hydrogens (tertiary/aromatic N) is 3. The number of hydrogen-bond donors (Lipinski definition) is 2. The van der Waals surface area contributed by atoms with E-state index in [0.29, 0.717) is 6.54 Å². The van der Waals surface area contributed by atoms with Gasteiger partial charge in [0, 0.05) is 31.9 Å². The molecule has 110 valence electrons. The Hall–Kier alpha value is -1.59. The molecule has 0 aromatic carbocycles. The van der Waals surface area contributed by atoms with Gasteiger partial charge in [-0.3, -0.25) is 0 Å². The summed E-state index contributed by atoms with van der Waals surface area (Å²) in [5.41, 5.74) is 2.09. The molecule has 0 unspecified atom stereocenters. The van der Waals surface area contributed by atoms with E-state index in [-0.39, 0.29) is 12.1 Å². The summed E-state index contributed by atoms with van der Waals surface area (Å²) in [6.45, 7) is 7.87. The minimum Gasteiger partial charge on any atom is -0.395 e. The van der Waals surface area contributed by atoms with Crippen molar-refractivity contribution in [1.82, 2.24) is 14.7 Å². The van der Waals surface area contributed by atoms with Gasteiger partial charge >= 0.3 is 0 Å². The van der Waals surface area contributed by atoms with Crippen molar-refractivity contribution in [2.24, 2.45) is 0 Å². The second-order valence-electron chi connectivity index (χ2n) is 6.06. The van der Waals surface area contributed by atoms with E-state index in [2.05, 4.69) is 35.5 Å². The van der Waals surface area contributed by atoms with Gasteiger partial charge in [-0.15, -0.1) is 0 Å². The first-order valence-corrected chi connectivity index (χ1v) is 6.95. The highest BCUT2D eigenvalue weighted by atomic mass is 16.3. The number of fused-ring (bicyclic) bond motifs is 1. The minimum atomic E-state index is 0.0474. The highest BCUT2D eigenvalue weighted by molar-refractivity contribution is 5.55. The third kappa shape index (κ3) is 3.29. The van der Waals surface area contributed by atoms with E-state index in [1.807, 2.05) is 36.3 Å². The van der Waals surface area contributed by atoms with Crippen LogP contribution in [0.5, 0.6) is 0 Å². The molecule has 0 bridgehead atoms. The van der Waals surface area contributed by atoms with Gasteiger partial charge in [-0.05, 0) is 32.9 Å². The summed E-state index contributed by atoms with van der Waals surface area (Å²) in [6, 6.07) is 5.99. The molecule has 0 saturated heterocycles. The Labute approximate surface area is 120 Å². The lowest BCUT2D eigenvalue weighted by molar-refractivity contribution is 0.303. The molecule has 0 radical (unpaired) electrons. The Morgan fingerprint density at radius 2 is 2.10 bits per heavy atom. The molecule has 2 heterocycles. The summed E-state index contributed by atoms with van der Waals surface area (Å²) in [5.74, 6) is 0.919. The fraction of sp³-hybridized carbons (Fsp3) is 0.533. The average Bonchev–Trinajstić information content (AvgIpc) is 2.74. The van der Waals surface area contributed by atoms with Crippen LogP contribution < -0.4 is 10.2 Å². The third-order valence-corrected chi connectivity index (χ3v) is 3.19. The second-order valence-corrected chi connectivity index (χ2v) is 6.06. The van der Waals surface area contributed by atoms with Gasteiger partial charge in [0.1, 0.15) is 5.65 Å². The second kappa shape index (κ2) is 5.81. The number of rotatable bonds is 5. The molecule has 0 spiro atoms. The fourth-order valence-corrected chi connectivity index (χ4v) is 2.11. The number of aliphatic hydroxyl groups is 1. The van der Waals surface area contributed by atoms with E-state index < -0.39 is 0 Å². The first-order valence-electron chi connectivity index (χ1n) is 6.95. The van der Waals surface area contributed by atoms with Gasteiger partial charge in [0.2, 0.25) is 0 Å². The first kappa shape index (κ1) is 14.8. The van der Waals surface area contributed by atoms with Gasteiger partial charge in [0.15, 0.2) is 5.82 Å². The van der Waals surface area contributed by atoms with E-state index >= 15 is 0 Å². The lowest BCUT2D eigenvalue weighted by atomic mass is 10.1. The largest absolute Gasteiger partial charge is 0.395 e. The molecular weight excluding hydrogens is 252 g/mol. The molecule has 2 aromatic rings. The maximum atomic E-state index is 9.13. The van der Waals surface area contributed by atoms with Crippen LogP contribution in [0.2, 0.25) is 0 Å². The lowest BCUT2D eigenvalue weighted by Crippen LogP contribution is -2.36. The number of aliphatic hydroxyl groups excluding tert-OH is 1. The van der Waals surface area contributed by atoms with Crippen LogP contribution in [0, 0.1) is 0 Å². The number of pyridine rings is 1. The minimum absolute atomic E-state index is 0.0474. The smallest absolute Gasteiger partial charge is 0.152 e. The monoisotopic (exact) mass is 276 g/mol. The molecule has 0 atom stereocenters. The van der Waals surface area contributed by atoms with E-state index in [1.54, 1.807) is 0 Å². The first-order chi connectivity index (χ1) is 9.42. The van der Waals surface area contributed by atoms with Crippen LogP contribution in [0.4, 0.5) is 5.82 Å². The Morgan fingerprint density at radius 1 is 1.35 bits per heavy atom. The average molecular weight is 276 g/mol. The SMILES string of the molecule is CN(CCO)c1nc2ccccn2c1CNC(C)(C)C. The molecule has 20 heavy (non-hydrogen) atoms. The number of aromatic nitrogens is 2. The maximum absolute atomic E-state index is 9.13. The van der Waals surface area contributed by atoms with E-state index in [0.717, 1.165) is 23.7 Å². The Morgan fingerprint density at radius 3 is 2.75 bits per heavy atom. The zero-order valence-corrected chi connectivity index (χ0v) is 12.7. The maximum Gasteiger partial charge on any atom is 0.152 e. The van der Waals surface area contributed by atoms with Crippen LogP contribution in [-0.2, 0) is 6.54 Å². The standard InChI is InChI=1S/C15H24N4O/c1-15(2,3)16-11-12-14(18(4)9-10-20)17-13-7-5-6-8-19(12)13/h5-8,16,20H,9-11H2,1-4H3. The number of anilines is 1. The lowest BCUT2D eigenvalue weighted by Gasteiger charge is -2.22. The molecule has 2 rings (SSSR count). The predicted molar refractivity (Wildman–Crippen MR) is 82.1 cm³/mol. The normalized spacial score (nSPS) is 12.1. The summed E-state index contributed by atoms with van der Waals surface area (Å²) >= 11 is 0. The van der Waals surface area contributed by atoms with Crippen molar-refractivity contribution in [3.8, 4) is 0 Å². The van der Waals surface area contributed by atoms with Crippen LogP contribution in [0.15, 0.2) is 24.4 Å². The Bertz CT molecular complexity index is 571. The summed E-state index contributed by atoms with van der Waals surface area (Å²) < 4.78 is 2.10.